The molecule has 1 aromatic carbocycles. The molecule has 8 nitrogen and oxygen atoms in total. The van der Waals surface area contributed by atoms with Crippen LogP contribution in [0.5, 0.6) is 0 Å². The molecule has 1 fully saturated rings. The summed E-state index contributed by atoms with van der Waals surface area (Å²) in [5.74, 6) is -1.70. The van der Waals surface area contributed by atoms with Crippen LogP contribution in [0.25, 0.3) is 0 Å². The SMILES string of the molecule is CC(=O)OC[C@H]1OC(Sc2ccccc2)[C@H](O[Si](C)(C)Cl)[C@@H](OC(C)=O)[C@@H]1OC(C)=O. The molecule has 0 aromatic heterocycles. The topological polar surface area (TPSA) is 97.4 Å². The normalized spacial score (nSPS) is 26.1. The molecule has 1 aliphatic rings. The third-order valence-electron chi connectivity index (χ3n) is 4.06. The lowest BCUT2D eigenvalue weighted by Gasteiger charge is -2.46. The van der Waals surface area contributed by atoms with E-state index in [1.54, 1.807) is 13.1 Å². The van der Waals surface area contributed by atoms with Gasteiger partial charge in [0.15, 0.2) is 12.2 Å². The molecule has 0 saturated carbocycles. The standard InChI is InChI=1S/C20H27ClO8SSi/c1-12(22)25-11-16-17(26-13(2)23)18(27-14(3)24)19(29-31(4,5)21)20(28-16)30-15-9-7-6-8-10-15/h6-10,16-20H,11H2,1-5H3/t16-,17-,18+,19-,20?/m1/s1. The summed E-state index contributed by atoms with van der Waals surface area (Å²) in [6, 6.07) is 9.44. The van der Waals surface area contributed by atoms with Gasteiger partial charge in [0, 0.05) is 25.7 Å². The highest BCUT2D eigenvalue weighted by Crippen LogP contribution is 2.38. The van der Waals surface area contributed by atoms with Crippen molar-refractivity contribution in [1.29, 1.82) is 0 Å². The van der Waals surface area contributed by atoms with Crippen LogP contribution in [0.1, 0.15) is 20.8 Å². The van der Waals surface area contributed by atoms with Gasteiger partial charge in [0.25, 0.3) is 7.63 Å². The van der Waals surface area contributed by atoms with Crippen LogP contribution in [0.4, 0.5) is 0 Å². The zero-order valence-electron chi connectivity index (χ0n) is 18.0. The van der Waals surface area contributed by atoms with Crippen molar-refractivity contribution in [2.75, 3.05) is 6.61 Å². The first-order valence-electron chi connectivity index (χ1n) is 9.68. The van der Waals surface area contributed by atoms with Crippen LogP contribution in [0.15, 0.2) is 35.2 Å². The number of carbonyl (C=O) groups excluding carboxylic acids is 3. The first-order valence-corrected chi connectivity index (χ1v) is 14.5. The Morgan fingerprint density at radius 1 is 0.968 bits per heavy atom. The van der Waals surface area contributed by atoms with Gasteiger partial charge in [0.1, 0.15) is 24.3 Å². The second kappa shape index (κ2) is 11.3. The quantitative estimate of drug-likeness (QED) is 0.235. The van der Waals surface area contributed by atoms with Crippen LogP contribution >= 0.6 is 22.8 Å². The van der Waals surface area contributed by atoms with Crippen molar-refractivity contribution in [1.82, 2.24) is 0 Å². The van der Waals surface area contributed by atoms with E-state index in [1.807, 2.05) is 30.3 Å². The summed E-state index contributed by atoms with van der Waals surface area (Å²) in [7, 11) is -2.66. The Labute approximate surface area is 191 Å². The van der Waals surface area contributed by atoms with Crippen molar-refractivity contribution in [3.8, 4) is 0 Å². The minimum Gasteiger partial charge on any atom is -0.463 e. The van der Waals surface area contributed by atoms with E-state index in [0.29, 0.717) is 0 Å². The molecule has 1 saturated heterocycles. The van der Waals surface area contributed by atoms with Crippen LogP contribution in [0, 0.1) is 0 Å². The summed E-state index contributed by atoms with van der Waals surface area (Å²) in [6.45, 7) is 7.10. The maximum atomic E-state index is 11.9. The second-order valence-electron chi connectivity index (χ2n) is 7.37. The number of thioether (sulfide) groups is 1. The summed E-state index contributed by atoms with van der Waals surface area (Å²) in [5, 5.41) is 0. The highest BCUT2D eigenvalue weighted by molar-refractivity contribution is 7.99. The molecule has 0 radical (unpaired) electrons. The minimum absolute atomic E-state index is 0.189. The molecule has 172 valence electrons. The van der Waals surface area contributed by atoms with E-state index in [2.05, 4.69) is 0 Å². The lowest BCUT2D eigenvalue weighted by atomic mass is 9.99. The number of hydrogen-bond acceptors (Lipinski definition) is 9. The smallest absolute Gasteiger partial charge is 0.303 e. The van der Waals surface area contributed by atoms with Crippen LogP contribution in [-0.4, -0.2) is 62.0 Å². The number of ether oxygens (including phenoxy) is 4. The Morgan fingerprint density at radius 3 is 2.06 bits per heavy atom. The molecule has 31 heavy (non-hydrogen) atoms. The number of carbonyl (C=O) groups is 3. The molecule has 11 heteroatoms. The van der Waals surface area contributed by atoms with Crippen molar-refractivity contribution in [3.63, 3.8) is 0 Å². The summed E-state index contributed by atoms with van der Waals surface area (Å²) in [5.41, 5.74) is -0.676. The zero-order chi connectivity index (χ0) is 23.2. The van der Waals surface area contributed by atoms with E-state index in [9.17, 15) is 14.4 Å². The molecule has 0 N–H and O–H groups in total. The van der Waals surface area contributed by atoms with Gasteiger partial charge in [-0.15, -0.1) is 11.1 Å². The average molecular weight is 491 g/mol. The molecule has 1 unspecified atom stereocenters. The van der Waals surface area contributed by atoms with Crippen LogP contribution in [0.2, 0.25) is 13.1 Å². The summed E-state index contributed by atoms with van der Waals surface area (Å²) >= 11 is 7.81. The molecule has 1 aliphatic heterocycles. The van der Waals surface area contributed by atoms with Crippen molar-refractivity contribution in [3.05, 3.63) is 30.3 Å². The van der Waals surface area contributed by atoms with E-state index in [1.165, 1.54) is 32.5 Å². The van der Waals surface area contributed by atoms with Gasteiger partial charge < -0.3 is 23.4 Å². The number of benzene rings is 1. The van der Waals surface area contributed by atoms with Crippen molar-refractivity contribution in [2.24, 2.45) is 0 Å². The molecule has 1 heterocycles. The molecule has 0 aliphatic carbocycles. The summed E-state index contributed by atoms with van der Waals surface area (Å²) in [6.07, 6.45) is -3.77. The fourth-order valence-corrected chi connectivity index (χ4v) is 5.49. The van der Waals surface area contributed by atoms with E-state index in [0.717, 1.165) is 4.90 Å². The van der Waals surface area contributed by atoms with Crippen LogP contribution in [-0.2, 0) is 37.8 Å². The molecular weight excluding hydrogens is 464 g/mol. The minimum atomic E-state index is -2.66. The van der Waals surface area contributed by atoms with Crippen LogP contribution < -0.4 is 0 Å². The number of hydrogen-bond donors (Lipinski definition) is 0. The van der Waals surface area contributed by atoms with Gasteiger partial charge >= 0.3 is 17.9 Å². The lowest BCUT2D eigenvalue weighted by Crippen LogP contribution is -2.62. The van der Waals surface area contributed by atoms with Gasteiger partial charge in [-0.2, -0.15) is 0 Å². The Bertz CT molecular complexity index is 772. The van der Waals surface area contributed by atoms with Gasteiger partial charge in [-0.1, -0.05) is 30.0 Å². The van der Waals surface area contributed by atoms with Gasteiger partial charge in [-0.05, 0) is 25.2 Å². The van der Waals surface area contributed by atoms with Crippen molar-refractivity contribution < 1.29 is 37.8 Å². The summed E-state index contributed by atoms with van der Waals surface area (Å²) in [4.78, 5) is 36.0. The molecule has 0 spiro atoms. The predicted octanol–water partition coefficient (Wildman–Crippen LogP) is 3.26. The average Bonchev–Trinajstić information content (AvgIpc) is 2.64. The fourth-order valence-electron chi connectivity index (χ4n) is 3.05. The van der Waals surface area contributed by atoms with E-state index >= 15 is 0 Å². The molecule has 2 rings (SSSR count). The Hall–Kier alpha value is -1.59. The zero-order valence-corrected chi connectivity index (χ0v) is 20.6. The van der Waals surface area contributed by atoms with Crippen molar-refractivity contribution >= 4 is 48.4 Å². The van der Waals surface area contributed by atoms with Gasteiger partial charge in [0.05, 0.1) is 0 Å². The molecule has 1 aromatic rings. The predicted molar refractivity (Wildman–Crippen MR) is 117 cm³/mol. The summed E-state index contributed by atoms with van der Waals surface area (Å²) < 4.78 is 28.4. The van der Waals surface area contributed by atoms with Gasteiger partial charge in [-0.3, -0.25) is 14.4 Å². The number of rotatable bonds is 8. The Morgan fingerprint density at radius 2 is 1.55 bits per heavy atom. The third-order valence-corrected chi connectivity index (χ3v) is 6.31. The first kappa shape index (κ1) is 25.7. The Kier molecular flexibility index (Phi) is 9.38. The second-order valence-corrected chi connectivity index (χ2v) is 14.2. The largest absolute Gasteiger partial charge is 0.463 e. The molecule has 5 atom stereocenters. The van der Waals surface area contributed by atoms with E-state index in [4.69, 9.17) is 34.5 Å². The fraction of sp³-hybridized carbons (Fsp3) is 0.550. The molecule has 0 amide bonds. The highest BCUT2D eigenvalue weighted by atomic mass is 35.6. The van der Waals surface area contributed by atoms with Crippen molar-refractivity contribution in [2.45, 2.75) is 68.6 Å². The first-order chi connectivity index (χ1) is 14.5. The number of halogens is 1. The Balaban J connectivity index is 2.45. The maximum absolute atomic E-state index is 11.9. The van der Waals surface area contributed by atoms with Gasteiger partial charge in [0.2, 0.25) is 0 Å². The lowest BCUT2D eigenvalue weighted by molar-refractivity contribution is -0.228. The third kappa shape index (κ3) is 8.45. The molecular formula is C20H27ClO8SSi. The maximum Gasteiger partial charge on any atom is 0.303 e. The van der Waals surface area contributed by atoms with Crippen LogP contribution in [0.3, 0.4) is 0 Å². The van der Waals surface area contributed by atoms with E-state index < -0.39 is 55.4 Å². The molecule has 0 bridgehead atoms. The van der Waals surface area contributed by atoms with E-state index in [-0.39, 0.29) is 6.61 Å². The number of esters is 3. The van der Waals surface area contributed by atoms with Gasteiger partial charge in [-0.25, -0.2) is 0 Å². The monoisotopic (exact) mass is 490 g/mol. The highest BCUT2D eigenvalue weighted by Gasteiger charge is 2.52.